The number of aromatic nitrogens is 2. The number of halogens is 1. The number of ether oxygens (including phenoxy) is 1. The van der Waals surface area contributed by atoms with Crippen molar-refractivity contribution in [2.45, 2.75) is 39.2 Å². The van der Waals surface area contributed by atoms with Crippen LogP contribution in [-0.2, 0) is 11.2 Å². The Bertz CT molecular complexity index is 972. The van der Waals surface area contributed by atoms with E-state index in [1.165, 1.54) is 12.1 Å². The highest BCUT2D eigenvalue weighted by Gasteiger charge is 2.20. The normalized spacial score (nSPS) is 11.9. The third-order valence-corrected chi connectivity index (χ3v) is 5.06. The van der Waals surface area contributed by atoms with E-state index in [-0.39, 0.29) is 17.8 Å². The van der Waals surface area contributed by atoms with Crippen molar-refractivity contribution in [3.8, 4) is 17.1 Å². The lowest BCUT2D eigenvalue weighted by Crippen LogP contribution is -2.33. The van der Waals surface area contributed by atoms with E-state index in [2.05, 4.69) is 10.1 Å². The van der Waals surface area contributed by atoms with Gasteiger partial charge >= 0.3 is 0 Å². The summed E-state index contributed by atoms with van der Waals surface area (Å²) in [5.41, 5.74) is 1.72. The van der Waals surface area contributed by atoms with E-state index in [1.54, 1.807) is 19.2 Å². The molecule has 0 aliphatic heterocycles. The Morgan fingerprint density at radius 1 is 1.23 bits per heavy atom. The molecule has 1 aromatic heterocycles. The molecule has 7 heteroatoms. The number of carbonyl (C=O) groups is 1. The van der Waals surface area contributed by atoms with Gasteiger partial charge in [-0.05, 0) is 62.2 Å². The summed E-state index contributed by atoms with van der Waals surface area (Å²) in [7, 11) is 1.63. The summed E-state index contributed by atoms with van der Waals surface area (Å²) in [5.74, 6) is 1.41. The van der Waals surface area contributed by atoms with Crippen LogP contribution in [-0.4, -0.2) is 34.6 Å². The molecular weight excluding hydrogens is 385 g/mol. The van der Waals surface area contributed by atoms with E-state index in [9.17, 15) is 9.18 Å². The predicted molar refractivity (Wildman–Crippen MR) is 111 cm³/mol. The highest BCUT2D eigenvalue weighted by atomic mass is 19.1. The van der Waals surface area contributed by atoms with Crippen LogP contribution in [0.15, 0.2) is 53.1 Å². The van der Waals surface area contributed by atoms with Crippen LogP contribution >= 0.6 is 0 Å². The van der Waals surface area contributed by atoms with Crippen molar-refractivity contribution in [1.82, 2.24) is 15.0 Å². The molecule has 6 nitrogen and oxygen atoms in total. The van der Waals surface area contributed by atoms with Crippen molar-refractivity contribution >= 4 is 5.91 Å². The molecule has 0 radical (unpaired) electrons. The molecule has 1 atom stereocenters. The van der Waals surface area contributed by atoms with Crippen LogP contribution in [0.4, 0.5) is 4.39 Å². The topological polar surface area (TPSA) is 68.5 Å². The van der Waals surface area contributed by atoms with Gasteiger partial charge in [0, 0.05) is 24.9 Å². The van der Waals surface area contributed by atoms with Crippen LogP contribution in [0, 0.1) is 5.82 Å². The largest absolute Gasteiger partial charge is 0.497 e. The number of amides is 1. The number of hydrogen-bond acceptors (Lipinski definition) is 5. The first-order chi connectivity index (χ1) is 14.5. The zero-order valence-corrected chi connectivity index (χ0v) is 17.5. The van der Waals surface area contributed by atoms with Gasteiger partial charge in [0.05, 0.1) is 13.2 Å². The molecule has 1 unspecified atom stereocenters. The number of rotatable bonds is 9. The Hall–Kier alpha value is -3.22. The van der Waals surface area contributed by atoms with Crippen LogP contribution < -0.4 is 4.74 Å². The molecule has 0 spiro atoms. The first-order valence-corrected chi connectivity index (χ1v) is 10.0. The molecule has 0 bridgehead atoms. The third-order valence-electron chi connectivity index (χ3n) is 5.06. The van der Waals surface area contributed by atoms with Crippen LogP contribution in [0.1, 0.15) is 44.2 Å². The lowest BCUT2D eigenvalue weighted by Gasteiger charge is -2.28. The Labute approximate surface area is 175 Å². The van der Waals surface area contributed by atoms with Gasteiger partial charge in [-0.15, -0.1) is 0 Å². The third kappa shape index (κ3) is 5.23. The van der Waals surface area contributed by atoms with Crippen LogP contribution in [0.3, 0.4) is 0 Å². The minimum atomic E-state index is -0.315. The Morgan fingerprint density at radius 3 is 2.70 bits per heavy atom. The van der Waals surface area contributed by atoms with E-state index in [4.69, 9.17) is 9.26 Å². The van der Waals surface area contributed by atoms with Crippen LogP contribution in [0.25, 0.3) is 11.4 Å². The smallest absolute Gasteiger partial charge is 0.226 e. The van der Waals surface area contributed by atoms with Gasteiger partial charge in [0.2, 0.25) is 17.6 Å². The molecule has 0 N–H and O–H groups in total. The molecule has 0 saturated heterocycles. The van der Waals surface area contributed by atoms with E-state index in [0.717, 1.165) is 11.3 Å². The van der Waals surface area contributed by atoms with Gasteiger partial charge in [0.15, 0.2) is 0 Å². The fraction of sp³-hybridized carbons (Fsp3) is 0.348. The second-order valence-corrected chi connectivity index (χ2v) is 7.00. The molecule has 3 rings (SSSR count). The maximum absolute atomic E-state index is 13.0. The predicted octanol–water partition coefficient (Wildman–Crippen LogP) is 4.82. The summed E-state index contributed by atoms with van der Waals surface area (Å²) < 4.78 is 23.6. The van der Waals surface area contributed by atoms with Gasteiger partial charge in [-0.25, -0.2) is 4.39 Å². The highest BCUT2D eigenvalue weighted by molar-refractivity contribution is 5.76. The summed E-state index contributed by atoms with van der Waals surface area (Å²) >= 11 is 0. The maximum Gasteiger partial charge on any atom is 0.226 e. The van der Waals surface area contributed by atoms with Crippen molar-refractivity contribution in [3.05, 3.63) is 65.8 Å². The van der Waals surface area contributed by atoms with E-state index in [0.29, 0.717) is 43.1 Å². The van der Waals surface area contributed by atoms with Gasteiger partial charge in [0.25, 0.3) is 0 Å². The molecule has 0 aliphatic rings. The molecule has 0 saturated carbocycles. The van der Waals surface area contributed by atoms with Crippen molar-refractivity contribution in [2.75, 3.05) is 13.7 Å². The first kappa shape index (κ1) is 21.5. The number of benzene rings is 2. The Morgan fingerprint density at radius 2 is 2.00 bits per heavy atom. The molecule has 0 fully saturated rings. The number of hydrogen-bond donors (Lipinski definition) is 0. The van der Waals surface area contributed by atoms with Gasteiger partial charge in [-0.2, -0.15) is 4.98 Å². The Balaban J connectivity index is 1.56. The number of nitrogens with zero attached hydrogens (tertiary/aromatic N) is 3. The lowest BCUT2D eigenvalue weighted by molar-refractivity contribution is -0.133. The van der Waals surface area contributed by atoms with E-state index in [1.807, 2.05) is 43.0 Å². The van der Waals surface area contributed by atoms with Crippen molar-refractivity contribution in [1.29, 1.82) is 0 Å². The number of aryl methyl sites for hydroxylation is 1. The standard InChI is InChI=1S/C23H26FN3O3/c1-4-27(16(2)18-7-5-8-20(15-18)29-3)22(28)10-6-9-21-25-23(26-30-21)17-11-13-19(24)14-12-17/h5,7-8,11-16H,4,6,9-10H2,1-3H3. The number of methoxy groups -OCH3 is 1. The van der Waals surface area contributed by atoms with Gasteiger partial charge < -0.3 is 14.2 Å². The molecule has 1 amide bonds. The monoisotopic (exact) mass is 411 g/mol. The molecule has 158 valence electrons. The number of carbonyl (C=O) groups excluding carboxylic acids is 1. The molecule has 2 aromatic carbocycles. The maximum atomic E-state index is 13.0. The first-order valence-electron chi connectivity index (χ1n) is 10.0. The molecule has 3 aromatic rings. The van der Waals surface area contributed by atoms with Gasteiger partial charge in [-0.3, -0.25) is 4.79 Å². The molecular formula is C23H26FN3O3. The fourth-order valence-corrected chi connectivity index (χ4v) is 3.35. The zero-order chi connectivity index (χ0) is 21.5. The highest BCUT2D eigenvalue weighted by Crippen LogP contribution is 2.25. The summed E-state index contributed by atoms with van der Waals surface area (Å²) in [4.78, 5) is 19.0. The molecule has 30 heavy (non-hydrogen) atoms. The fourth-order valence-electron chi connectivity index (χ4n) is 3.35. The minimum absolute atomic E-state index is 0.0499. The second kappa shape index (κ2) is 10.0. The van der Waals surface area contributed by atoms with E-state index >= 15 is 0 Å². The average Bonchev–Trinajstić information content (AvgIpc) is 3.23. The van der Waals surface area contributed by atoms with Gasteiger partial charge in [-0.1, -0.05) is 17.3 Å². The minimum Gasteiger partial charge on any atom is -0.497 e. The van der Waals surface area contributed by atoms with E-state index < -0.39 is 0 Å². The summed E-state index contributed by atoms with van der Waals surface area (Å²) in [6.07, 6.45) is 1.49. The summed E-state index contributed by atoms with van der Waals surface area (Å²) in [5, 5.41) is 3.93. The average molecular weight is 411 g/mol. The molecule has 0 aliphatic carbocycles. The quantitative estimate of drug-likeness (QED) is 0.505. The van der Waals surface area contributed by atoms with Crippen LogP contribution in [0.2, 0.25) is 0 Å². The summed E-state index contributed by atoms with van der Waals surface area (Å²) in [6.45, 7) is 4.61. The molecule has 1 heterocycles. The van der Waals surface area contributed by atoms with Gasteiger partial charge in [0.1, 0.15) is 11.6 Å². The lowest BCUT2D eigenvalue weighted by atomic mass is 10.1. The van der Waals surface area contributed by atoms with Crippen LogP contribution in [0.5, 0.6) is 5.75 Å². The van der Waals surface area contributed by atoms with Crippen molar-refractivity contribution in [2.24, 2.45) is 0 Å². The van der Waals surface area contributed by atoms with Crippen molar-refractivity contribution in [3.63, 3.8) is 0 Å². The SMILES string of the molecule is CCN(C(=O)CCCc1nc(-c2ccc(F)cc2)no1)C(C)c1cccc(OC)c1. The zero-order valence-electron chi connectivity index (χ0n) is 17.5. The summed E-state index contributed by atoms with van der Waals surface area (Å²) in [6, 6.07) is 13.6. The van der Waals surface area contributed by atoms with Crippen molar-refractivity contribution < 1.29 is 18.4 Å². The Kier molecular flexibility index (Phi) is 7.17. The second-order valence-electron chi connectivity index (χ2n) is 7.00.